The van der Waals surface area contributed by atoms with Gasteiger partial charge >= 0.3 is 0 Å². The standard InChI is InChI=1S/C15H24N2O2S2/c1-15(2)9-3-4-14(15)17-21(18,19)11-10-20-13-7-5-12(16)6-8-13/h5-8,14,17H,3-4,9-11,16H2,1-2H3. The van der Waals surface area contributed by atoms with Crippen LogP contribution in [0.25, 0.3) is 0 Å². The first-order valence-electron chi connectivity index (χ1n) is 7.27. The second-order valence-corrected chi connectivity index (χ2v) is 9.33. The van der Waals surface area contributed by atoms with Crippen LogP contribution < -0.4 is 10.5 Å². The molecular weight excluding hydrogens is 304 g/mol. The molecule has 0 saturated heterocycles. The number of hydrogen-bond donors (Lipinski definition) is 2. The van der Waals surface area contributed by atoms with Crippen molar-refractivity contribution in [3.8, 4) is 0 Å². The van der Waals surface area contributed by atoms with E-state index >= 15 is 0 Å². The van der Waals surface area contributed by atoms with Crippen molar-refractivity contribution in [3.63, 3.8) is 0 Å². The summed E-state index contributed by atoms with van der Waals surface area (Å²) in [6.45, 7) is 4.27. The van der Waals surface area contributed by atoms with Crippen molar-refractivity contribution in [3.05, 3.63) is 24.3 Å². The first-order valence-corrected chi connectivity index (χ1v) is 9.91. The van der Waals surface area contributed by atoms with Gasteiger partial charge in [0.2, 0.25) is 10.0 Å². The molecule has 0 bridgehead atoms. The summed E-state index contributed by atoms with van der Waals surface area (Å²) in [6.07, 6.45) is 3.12. The zero-order chi connectivity index (χ0) is 15.5. The van der Waals surface area contributed by atoms with E-state index in [0.29, 0.717) is 5.75 Å². The number of hydrogen-bond acceptors (Lipinski definition) is 4. The van der Waals surface area contributed by atoms with Gasteiger partial charge in [-0.05, 0) is 42.5 Å². The van der Waals surface area contributed by atoms with Crippen molar-refractivity contribution in [1.29, 1.82) is 0 Å². The molecule has 118 valence electrons. The zero-order valence-electron chi connectivity index (χ0n) is 12.6. The van der Waals surface area contributed by atoms with E-state index in [1.807, 2.05) is 24.3 Å². The quantitative estimate of drug-likeness (QED) is 0.622. The molecule has 1 aromatic rings. The second-order valence-electron chi connectivity index (χ2n) is 6.29. The van der Waals surface area contributed by atoms with Crippen LogP contribution in [0.5, 0.6) is 0 Å². The van der Waals surface area contributed by atoms with Crippen molar-refractivity contribution in [1.82, 2.24) is 4.72 Å². The van der Waals surface area contributed by atoms with Gasteiger partial charge in [-0.2, -0.15) is 0 Å². The van der Waals surface area contributed by atoms with Crippen LogP contribution in [0.15, 0.2) is 29.2 Å². The summed E-state index contributed by atoms with van der Waals surface area (Å²) in [5.41, 5.74) is 6.41. The van der Waals surface area contributed by atoms with Crippen molar-refractivity contribution < 1.29 is 8.42 Å². The van der Waals surface area contributed by atoms with E-state index < -0.39 is 10.0 Å². The molecule has 1 atom stereocenters. The molecular formula is C15H24N2O2S2. The average molecular weight is 329 g/mol. The van der Waals surface area contributed by atoms with Gasteiger partial charge in [-0.3, -0.25) is 0 Å². The van der Waals surface area contributed by atoms with E-state index in [1.54, 1.807) is 0 Å². The SMILES string of the molecule is CC1(C)CCCC1NS(=O)(=O)CCSc1ccc(N)cc1. The van der Waals surface area contributed by atoms with Gasteiger partial charge in [0.1, 0.15) is 0 Å². The van der Waals surface area contributed by atoms with Gasteiger partial charge in [-0.25, -0.2) is 13.1 Å². The van der Waals surface area contributed by atoms with Crippen LogP contribution in [0.3, 0.4) is 0 Å². The molecule has 1 aliphatic carbocycles. The molecule has 0 spiro atoms. The van der Waals surface area contributed by atoms with Gasteiger partial charge < -0.3 is 5.73 Å². The minimum atomic E-state index is -3.21. The molecule has 0 heterocycles. The van der Waals surface area contributed by atoms with Crippen LogP contribution in [0.1, 0.15) is 33.1 Å². The maximum atomic E-state index is 12.2. The Balaban J connectivity index is 1.83. The molecule has 0 amide bonds. The van der Waals surface area contributed by atoms with Crippen LogP contribution >= 0.6 is 11.8 Å². The highest BCUT2D eigenvalue weighted by Gasteiger charge is 2.36. The van der Waals surface area contributed by atoms with Crippen LogP contribution in [0.2, 0.25) is 0 Å². The van der Waals surface area contributed by atoms with Crippen LogP contribution in [-0.2, 0) is 10.0 Å². The fraction of sp³-hybridized carbons (Fsp3) is 0.600. The summed E-state index contributed by atoms with van der Waals surface area (Å²) in [7, 11) is -3.21. The van der Waals surface area contributed by atoms with Gasteiger partial charge in [0.15, 0.2) is 0 Å². The van der Waals surface area contributed by atoms with Crippen LogP contribution in [0, 0.1) is 5.41 Å². The lowest BCUT2D eigenvalue weighted by Gasteiger charge is -2.27. The Bertz CT molecular complexity index is 568. The molecule has 1 unspecified atom stereocenters. The van der Waals surface area contributed by atoms with Crippen molar-refractivity contribution >= 4 is 27.5 Å². The monoisotopic (exact) mass is 328 g/mol. The molecule has 1 aliphatic rings. The highest BCUT2D eigenvalue weighted by molar-refractivity contribution is 8.00. The summed E-state index contributed by atoms with van der Waals surface area (Å²) in [5.74, 6) is 0.695. The number of nitrogens with one attached hydrogen (secondary N) is 1. The fourth-order valence-electron chi connectivity index (χ4n) is 2.65. The predicted molar refractivity (Wildman–Crippen MR) is 89.9 cm³/mol. The van der Waals surface area contributed by atoms with Crippen molar-refractivity contribution in [2.45, 2.75) is 44.0 Å². The maximum absolute atomic E-state index is 12.2. The van der Waals surface area contributed by atoms with E-state index in [2.05, 4.69) is 18.6 Å². The lowest BCUT2D eigenvalue weighted by atomic mass is 9.88. The van der Waals surface area contributed by atoms with Crippen molar-refractivity contribution in [2.24, 2.45) is 5.41 Å². The van der Waals surface area contributed by atoms with E-state index in [1.165, 1.54) is 11.8 Å². The maximum Gasteiger partial charge on any atom is 0.212 e. The largest absolute Gasteiger partial charge is 0.399 e. The second kappa shape index (κ2) is 6.58. The third-order valence-electron chi connectivity index (χ3n) is 4.08. The molecule has 1 saturated carbocycles. The summed E-state index contributed by atoms with van der Waals surface area (Å²) >= 11 is 1.54. The molecule has 4 nitrogen and oxygen atoms in total. The topological polar surface area (TPSA) is 72.2 Å². The summed E-state index contributed by atoms with van der Waals surface area (Å²) in [4.78, 5) is 1.04. The normalized spacial score (nSPS) is 21.5. The molecule has 0 aliphatic heterocycles. The van der Waals surface area contributed by atoms with Gasteiger partial charge in [0.05, 0.1) is 5.75 Å². The molecule has 3 N–H and O–H groups in total. The Labute approximate surface area is 131 Å². The highest BCUT2D eigenvalue weighted by Crippen LogP contribution is 2.37. The molecule has 0 aromatic heterocycles. The van der Waals surface area contributed by atoms with Crippen molar-refractivity contribution in [2.75, 3.05) is 17.2 Å². The molecule has 21 heavy (non-hydrogen) atoms. The number of sulfonamides is 1. The fourth-order valence-corrected chi connectivity index (χ4v) is 5.42. The number of anilines is 1. The smallest absolute Gasteiger partial charge is 0.212 e. The third kappa shape index (κ3) is 4.90. The molecule has 2 rings (SSSR count). The third-order valence-corrected chi connectivity index (χ3v) is 6.74. The molecule has 0 radical (unpaired) electrons. The van der Waals surface area contributed by atoms with Gasteiger partial charge in [-0.15, -0.1) is 11.8 Å². The van der Waals surface area contributed by atoms with E-state index in [4.69, 9.17) is 5.73 Å². The Kier molecular flexibility index (Phi) is 5.22. The van der Waals surface area contributed by atoms with Gasteiger partial charge in [0, 0.05) is 22.4 Å². The summed E-state index contributed by atoms with van der Waals surface area (Å²) < 4.78 is 27.2. The van der Waals surface area contributed by atoms with E-state index in [0.717, 1.165) is 29.8 Å². The van der Waals surface area contributed by atoms with Crippen LogP contribution in [0.4, 0.5) is 5.69 Å². The Morgan fingerprint density at radius 2 is 2.00 bits per heavy atom. The zero-order valence-corrected chi connectivity index (χ0v) is 14.3. The highest BCUT2D eigenvalue weighted by atomic mass is 32.2. The number of nitrogen functional groups attached to an aromatic ring is 1. The van der Waals surface area contributed by atoms with Crippen LogP contribution in [-0.4, -0.2) is 26.0 Å². The minimum absolute atomic E-state index is 0.0666. The number of nitrogens with two attached hydrogens (primary N) is 1. The number of rotatable bonds is 6. The van der Waals surface area contributed by atoms with E-state index in [-0.39, 0.29) is 17.2 Å². The van der Waals surface area contributed by atoms with Gasteiger partial charge in [-0.1, -0.05) is 20.3 Å². The summed E-state index contributed by atoms with van der Waals surface area (Å²) in [5, 5.41) is 0. The Hall–Kier alpha value is -0.720. The Morgan fingerprint density at radius 1 is 1.33 bits per heavy atom. The number of benzene rings is 1. The molecule has 1 fully saturated rings. The molecule has 6 heteroatoms. The first-order chi connectivity index (χ1) is 9.78. The number of thioether (sulfide) groups is 1. The first kappa shape index (κ1) is 16.6. The molecule has 1 aromatic carbocycles. The minimum Gasteiger partial charge on any atom is -0.399 e. The predicted octanol–water partition coefficient (Wildman–Crippen LogP) is 2.86. The lowest BCUT2D eigenvalue weighted by Crippen LogP contribution is -2.42. The Morgan fingerprint density at radius 3 is 2.57 bits per heavy atom. The van der Waals surface area contributed by atoms with Gasteiger partial charge in [0.25, 0.3) is 0 Å². The van der Waals surface area contributed by atoms with E-state index in [9.17, 15) is 8.42 Å². The lowest BCUT2D eigenvalue weighted by molar-refractivity contribution is 0.313. The average Bonchev–Trinajstić information content (AvgIpc) is 2.70. The summed E-state index contributed by atoms with van der Waals surface area (Å²) in [6, 6.07) is 7.57.